The Labute approximate surface area is 141 Å². The molecule has 0 saturated carbocycles. The molecule has 1 amide bonds. The third kappa shape index (κ3) is 3.30. The van der Waals surface area contributed by atoms with Gasteiger partial charge in [-0.05, 0) is 50.2 Å². The van der Waals surface area contributed by atoms with Crippen LogP contribution in [0.5, 0.6) is 0 Å². The van der Waals surface area contributed by atoms with Crippen LogP contribution in [0.15, 0.2) is 60.0 Å². The Hall–Kier alpha value is -3.08. The van der Waals surface area contributed by atoms with Crippen molar-refractivity contribution in [3.63, 3.8) is 0 Å². The number of rotatable bonds is 4. The van der Waals surface area contributed by atoms with Gasteiger partial charge in [-0.2, -0.15) is 5.10 Å². The van der Waals surface area contributed by atoms with Crippen LogP contribution in [0.2, 0.25) is 0 Å². The Morgan fingerprint density at radius 2 is 1.88 bits per heavy atom. The maximum atomic E-state index is 12.3. The molecule has 1 N–H and O–H groups in total. The van der Waals surface area contributed by atoms with Gasteiger partial charge < -0.3 is 9.13 Å². The minimum atomic E-state index is -0.230. The third-order valence-corrected chi connectivity index (χ3v) is 3.87. The van der Waals surface area contributed by atoms with Gasteiger partial charge in [0.05, 0.1) is 6.21 Å². The van der Waals surface area contributed by atoms with Crippen molar-refractivity contribution in [2.75, 3.05) is 0 Å². The van der Waals surface area contributed by atoms with E-state index in [0.717, 1.165) is 22.6 Å². The largest absolute Gasteiger partial charge is 0.357 e. The lowest BCUT2D eigenvalue weighted by molar-refractivity contribution is 0.0955. The van der Waals surface area contributed by atoms with E-state index in [0.29, 0.717) is 5.56 Å². The van der Waals surface area contributed by atoms with Gasteiger partial charge in [0.15, 0.2) is 0 Å². The molecule has 0 fully saturated rings. The summed E-state index contributed by atoms with van der Waals surface area (Å²) in [6.07, 6.45) is 5.48. The lowest BCUT2D eigenvalue weighted by Gasteiger charge is -2.10. The van der Waals surface area contributed by atoms with Crippen molar-refractivity contribution in [1.82, 2.24) is 14.6 Å². The van der Waals surface area contributed by atoms with Crippen LogP contribution >= 0.6 is 0 Å². The quantitative estimate of drug-likeness (QED) is 0.582. The summed E-state index contributed by atoms with van der Waals surface area (Å²) in [6.45, 7) is 4.09. The average molecular weight is 320 g/mol. The van der Waals surface area contributed by atoms with E-state index in [1.807, 2.05) is 62.1 Å². The number of hydrazone groups is 1. The van der Waals surface area contributed by atoms with Crippen molar-refractivity contribution in [2.45, 2.75) is 13.8 Å². The minimum absolute atomic E-state index is 0.230. The minimum Gasteiger partial charge on any atom is -0.357 e. The molecule has 3 aromatic rings. The number of amides is 1. The third-order valence-electron chi connectivity index (χ3n) is 3.87. The van der Waals surface area contributed by atoms with Gasteiger partial charge in [-0.3, -0.25) is 4.79 Å². The number of carbonyl (C=O) groups is 1. The first-order chi connectivity index (χ1) is 11.5. The molecule has 2 aromatic heterocycles. The second-order valence-electron chi connectivity index (χ2n) is 5.81. The molecule has 0 saturated heterocycles. The van der Waals surface area contributed by atoms with Crippen LogP contribution in [-0.2, 0) is 7.05 Å². The first-order valence-electron chi connectivity index (χ1n) is 7.75. The van der Waals surface area contributed by atoms with Gasteiger partial charge in [-0.25, -0.2) is 5.43 Å². The number of hydrogen-bond donors (Lipinski definition) is 1. The average Bonchev–Trinajstić information content (AvgIpc) is 3.13. The number of benzene rings is 1. The molecular weight excluding hydrogens is 300 g/mol. The molecule has 122 valence electrons. The van der Waals surface area contributed by atoms with Crippen LogP contribution < -0.4 is 5.43 Å². The SMILES string of the molecule is Cc1ccc(C)n1-c1cccc(C(=O)N/N=C\c2ccn(C)c2)c1. The molecule has 0 atom stereocenters. The first-order valence-corrected chi connectivity index (χ1v) is 7.75. The number of nitrogens with zero attached hydrogens (tertiary/aromatic N) is 3. The smallest absolute Gasteiger partial charge is 0.271 e. The van der Waals surface area contributed by atoms with E-state index in [2.05, 4.69) is 27.2 Å². The normalized spacial score (nSPS) is 11.1. The van der Waals surface area contributed by atoms with E-state index in [-0.39, 0.29) is 5.91 Å². The summed E-state index contributed by atoms with van der Waals surface area (Å²) < 4.78 is 4.04. The molecule has 5 nitrogen and oxygen atoms in total. The Morgan fingerprint density at radius 1 is 1.12 bits per heavy atom. The molecule has 0 unspecified atom stereocenters. The number of aryl methyl sites for hydroxylation is 3. The predicted octanol–water partition coefficient (Wildman–Crippen LogP) is 3.20. The van der Waals surface area contributed by atoms with Crippen molar-refractivity contribution in [3.8, 4) is 5.69 Å². The van der Waals surface area contributed by atoms with E-state index in [9.17, 15) is 4.79 Å². The van der Waals surface area contributed by atoms with Crippen LogP contribution in [0.25, 0.3) is 5.69 Å². The number of nitrogens with one attached hydrogen (secondary N) is 1. The lowest BCUT2D eigenvalue weighted by Crippen LogP contribution is -2.17. The molecule has 0 aliphatic rings. The monoisotopic (exact) mass is 320 g/mol. The van der Waals surface area contributed by atoms with E-state index in [4.69, 9.17) is 0 Å². The fourth-order valence-electron chi connectivity index (χ4n) is 2.69. The Morgan fingerprint density at radius 3 is 2.54 bits per heavy atom. The zero-order valence-corrected chi connectivity index (χ0v) is 14.0. The molecule has 0 aliphatic carbocycles. The van der Waals surface area contributed by atoms with Gasteiger partial charge in [0.1, 0.15) is 0 Å². The standard InChI is InChI=1S/C19H20N4O/c1-14-7-8-15(2)23(14)18-6-4-5-17(11-18)19(24)21-20-12-16-9-10-22(3)13-16/h4-13H,1-3H3,(H,21,24)/b20-12-. The number of hydrogen-bond acceptors (Lipinski definition) is 2. The Balaban J connectivity index is 1.76. The van der Waals surface area contributed by atoms with Gasteiger partial charge in [0.25, 0.3) is 5.91 Å². The number of aromatic nitrogens is 2. The summed E-state index contributed by atoms with van der Waals surface area (Å²) in [5, 5.41) is 4.01. The highest BCUT2D eigenvalue weighted by molar-refractivity contribution is 5.95. The van der Waals surface area contributed by atoms with Gasteiger partial charge in [-0.15, -0.1) is 0 Å². The highest BCUT2D eigenvalue weighted by Crippen LogP contribution is 2.17. The summed E-state index contributed by atoms with van der Waals surface area (Å²) in [4.78, 5) is 12.3. The summed E-state index contributed by atoms with van der Waals surface area (Å²) in [6, 6.07) is 13.6. The molecular formula is C19H20N4O. The van der Waals surface area contributed by atoms with Crippen LogP contribution in [0.1, 0.15) is 27.3 Å². The molecule has 0 radical (unpaired) electrons. The van der Waals surface area contributed by atoms with Gasteiger partial charge in [-0.1, -0.05) is 6.07 Å². The highest BCUT2D eigenvalue weighted by Gasteiger charge is 2.08. The van der Waals surface area contributed by atoms with Crippen molar-refractivity contribution >= 4 is 12.1 Å². The van der Waals surface area contributed by atoms with Crippen molar-refractivity contribution in [2.24, 2.45) is 12.1 Å². The zero-order valence-electron chi connectivity index (χ0n) is 14.0. The van der Waals surface area contributed by atoms with Crippen LogP contribution in [0.4, 0.5) is 0 Å². The van der Waals surface area contributed by atoms with E-state index in [1.165, 1.54) is 0 Å². The Kier molecular flexibility index (Phi) is 4.33. The summed E-state index contributed by atoms with van der Waals surface area (Å²) in [5.74, 6) is -0.230. The highest BCUT2D eigenvalue weighted by atomic mass is 16.2. The zero-order chi connectivity index (χ0) is 17.1. The first kappa shape index (κ1) is 15.8. The van der Waals surface area contributed by atoms with Gasteiger partial charge in [0, 0.05) is 47.6 Å². The van der Waals surface area contributed by atoms with E-state index < -0.39 is 0 Å². The van der Waals surface area contributed by atoms with Crippen molar-refractivity contribution < 1.29 is 4.79 Å². The fraction of sp³-hybridized carbons (Fsp3) is 0.158. The molecule has 0 spiro atoms. The summed E-state index contributed by atoms with van der Waals surface area (Å²) in [7, 11) is 1.94. The maximum Gasteiger partial charge on any atom is 0.271 e. The maximum absolute atomic E-state index is 12.3. The molecule has 0 bridgehead atoms. The second-order valence-corrected chi connectivity index (χ2v) is 5.81. The molecule has 0 aliphatic heterocycles. The van der Waals surface area contributed by atoms with Crippen LogP contribution in [-0.4, -0.2) is 21.3 Å². The molecule has 24 heavy (non-hydrogen) atoms. The van der Waals surface area contributed by atoms with Crippen molar-refractivity contribution in [3.05, 3.63) is 77.4 Å². The topological polar surface area (TPSA) is 51.3 Å². The molecule has 1 aromatic carbocycles. The molecule has 5 heteroatoms. The summed E-state index contributed by atoms with van der Waals surface area (Å²) in [5.41, 5.74) is 7.31. The van der Waals surface area contributed by atoms with Crippen LogP contribution in [0, 0.1) is 13.8 Å². The lowest BCUT2D eigenvalue weighted by atomic mass is 10.2. The van der Waals surface area contributed by atoms with Gasteiger partial charge in [0.2, 0.25) is 0 Å². The summed E-state index contributed by atoms with van der Waals surface area (Å²) >= 11 is 0. The molecule has 3 rings (SSSR count). The molecule has 2 heterocycles. The second kappa shape index (κ2) is 6.58. The predicted molar refractivity (Wildman–Crippen MR) is 95.7 cm³/mol. The van der Waals surface area contributed by atoms with Crippen molar-refractivity contribution in [1.29, 1.82) is 0 Å². The van der Waals surface area contributed by atoms with Gasteiger partial charge >= 0.3 is 0 Å². The number of carbonyl (C=O) groups excluding carboxylic acids is 1. The van der Waals surface area contributed by atoms with E-state index >= 15 is 0 Å². The Bertz CT molecular complexity index is 882. The van der Waals surface area contributed by atoms with E-state index in [1.54, 1.807) is 12.3 Å². The van der Waals surface area contributed by atoms with Crippen LogP contribution in [0.3, 0.4) is 0 Å². The fourth-order valence-corrected chi connectivity index (χ4v) is 2.69.